The Bertz CT molecular complexity index is 533. The molecule has 2 atom stereocenters. The normalized spacial score (nSPS) is 25.3. The number of nitrogens with zero attached hydrogens (tertiary/aromatic N) is 4. The first kappa shape index (κ1) is 10.7. The van der Waals surface area contributed by atoms with Gasteiger partial charge in [0.2, 0.25) is 0 Å². The largest absolute Gasteiger partial charge is 0.307 e. The molecule has 2 aromatic rings. The maximum absolute atomic E-state index is 4.50. The van der Waals surface area contributed by atoms with Crippen molar-refractivity contribution in [1.29, 1.82) is 0 Å². The number of nitrogens with one attached hydrogen (secondary N) is 1. The summed E-state index contributed by atoms with van der Waals surface area (Å²) in [6, 6.07) is 4.20. The highest BCUT2D eigenvalue weighted by molar-refractivity contribution is 5.36. The highest BCUT2D eigenvalue weighted by Crippen LogP contribution is 2.27. The lowest BCUT2D eigenvalue weighted by molar-refractivity contribution is 0.291. The summed E-state index contributed by atoms with van der Waals surface area (Å²) in [7, 11) is 0. The lowest BCUT2D eigenvalue weighted by atomic mass is 9.92. The van der Waals surface area contributed by atoms with Gasteiger partial charge in [-0.05, 0) is 44.4 Å². The molecule has 2 aromatic heterocycles. The minimum atomic E-state index is 0.271. The van der Waals surface area contributed by atoms with Gasteiger partial charge in [0.15, 0.2) is 11.5 Å². The zero-order valence-electron chi connectivity index (χ0n) is 10.2. The molecule has 5 nitrogen and oxygen atoms in total. The van der Waals surface area contributed by atoms with Gasteiger partial charge in [-0.3, -0.25) is 0 Å². The number of hydrogen-bond donors (Lipinski definition) is 1. The van der Waals surface area contributed by atoms with Crippen LogP contribution in [0.3, 0.4) is 0 Å². The third-order valence-corrected chi connectivity index (χ3v) is 3.47. The molecule has 5 heteroatoms. The Morgan fingerprint density at radius 1 is 1.35 bits per heavy atom. The van der Waals surface area contributed by atoms with Crippen LogP contribution in [0, 0.1) is 12.8 Å². The molecule has 0 amide bonds. The van der Waals surface area contributed by atoms with Crippen molar-refractivity contribution < 1.29 is 0 Å². The second-order valence-corrected chi connectivity index (χ2v) is 4.85. The number of piperidine rings is 1. The Hall–Kier alpha value is -1.49. The van der Waals surface area contributed by atoms with E-state index in [9.17, 15) is 0 Å². The van der Waals surface area contributed by atoms with Gasteiger partial charge in [0.05, 0.1) is 11.7 Å². The average molecular weight is 231 g/mol. The molecule has 2 unspecified atom stereocenters. The van der Waals surface area contributed by atoms with Gasteiger partial charge in [0, 0.05) is 0 Å². The van der Waals surface area contributed by atoms with Gasteiger partial charge in [-0.2, -0.15) is 9.61 Å². The molecule has 0 bridgehead atoms. The Labute approximate surface area is 100 Å². The van der Waals surface area contributed by atoms with Crippen LogP contribution < -0.4 is 5.32 Å². The molecule has 0 saturated carbocycles. The highest BCUT2D eigenvalue weighted by Gasteiger charge is 2.27. The zero-order chi connectivity index (χ0) is 11.8. The molecule has 0 aromatic carbocycles. The molecule has 0 aliphatic carbocycles. The molecule has 17 heavy (non-hydrogen) atoms. The molecule has 3 rings (SSSR count). The van der Waals surface area contributed by atoms with Gasteiger partial charge >= 0.3 is 0 Å². The van der Waals surface area contributed by atoms with Crippen molar-refractivity contribution in [2.75, 3.05) is 6.54 Å². The summed E-state index contributed by atoms with van der Waals surface area (Å²) in [4.78, 5) is 0. The third kappa shape index (κ3) is 1.80. The summed E-state index contributed by atoms with van der Waals surface area (Å²) in [5, 5.41) is 16.5. The standard InChI is InChI=1S/C12H17N5/c1-8-4-3-7-13-11(8)12-15-14-10-6-5-9(2)16-17(10)12/h5-6,8,11,13H,3-4,7H2,1-2H3. The minimum Gasteiger partial charge on any atom is -0.307 e. The van der Waals surface area contributed by atoms with Crippen molar-refractivity contribution in [2.24, 2.45) is 5.92 Å². The molecule has 1 aliphatic rings. The second-order valence-electron chi connectivity index (χ2n) is 4.85. The fraction of sp³-hybridized carbons (Fsp3) is 0.583. The number of hydrogen-bond acceptors (Lipinski definition) is 4. The van der Waals surface area contributed by atoms with Crippen LogP contribution in [0.2, 0.25) is 0 Å². The van der Waals surface area contributed by atoms with Crippen LogP contribution in [0.4, 0.5) is 0 Å². The van der Waals surface area contributed by atoms with Crippen molar-refractivity contribution >= 4 is 5.65 Å². The SMILES string of the molecule is Cc1ccc2nnc(C3NCCCC3C)n2n1. The molecular weight excluding hydrogens is 214 g/mol. The maximum Gasteiger partial charge on any atom is 0.177 e. The molecule has 1 aliphatic heterocycles. The van der Waals surface area contributed by atoms with E-state index in [1.165, 1.54) is 12.8 Å². The molecule has 90 valence electrons. The Kier molecular flexibility index (Phi) is 2.55. The van der Waals surface area contributed by atoms with Crippen molar-refractivity contribution in [3.05, 3.63) is 23.7 Å². The van der Waals surface area contributed by atoms with Crippen LogP contribution in [0.1, 0.15) is 37.3 Å². The van der Waals surface area contributed by atoms with E-state index in [0.717, 1.165) is 23.7 Å². The van der Waals surface area contributed by atoms with E-state index in [1.807, 2.05) is 23.6 Å². The number of rotatable bonds is 1. The quantitative estimate of drug-likeness (QED) is 0.808. The first-order chi connectivity index (χ1) is 8.25. The van der Waals surface area contributed by atoms with Gasteiger partial charge in [-0.25, -0.2) is 0 Å². The monoisotopic (exact) mass is 231 g/mol. The molecule has 3 heterocycles. The summed E-state index contributed by atoms with van der Waals surface area (Å²) in [6.45, 7) is 5.30. The lowest BCUT2D eigenvalue weighted by Crippen LogP contribution is -2.34. The van der Waals surface area contributed by atoms with Gasteiger partial charge < -0.3 is 5.32 Å². The molecule has 1 N–H and O–H groups in total. The maximum atomic E-state index is 4.50. The highest BCUT2D eigenvalue weighted by atomic mass is 15.4. The predicted molar refractivity (Wildman–Crippen MR) is 64.7 cm³/mol. The van der Waals surface area contributed by atoms with Crippen molar-refractivity contribution in [3.63, 3.8) is 0 Å². The predicted octanol–water partition coefficient (Wildman–Crippen LogP) is 1.49. The van der Waals surface area contributed by atoms with Gasteiger partial charge in [-0.1, -0.05) is 6.92 Å². The third-order valence-electron chi connectivity index (χ3n) is 3.47. The Balaban J connectivity index is 2.07. The molecule has 1 fully saturated rings. The molecule has 0 radical (unpaired) electrons. The molecular formula is C12H17N5. The van der Waals surface area contributed by atoms with E-state index in [2.05, 4.69) is 27.5 Å². The molecule has 1 saturated heterocycles. The Morgan fingerprint density at radius 3 is 3.06 bits per heavy atom. The van der Waals surface area contributed by atoms with Crippen molar-refractivity contribution in [1.82, 2.24) is 25.1 Å². The smallest absolute Gasteiger partial charge is 0.177 e. The molecule has 0 spiro atoms. The topological polar surface area (TPSA) is 55.1 Å². The van der Waals surface area contributed by atoms with Gasteiger partial charge in [-0.15, -0.1) is 10.2 Å². The van der Waals surface area contributed by atoms with E-state index in [1.54, 1.807) is 0 Å². The van der Waals surface area contributed by atoms with E-state index >= 15 is 0 Å². The minimum absolute atomic E-state index is 0.271. The first-order valence-corrected chi connectivity index (χ1v) is 6.18. The van der Waals surface area contributed by atoms with Crippen LogP contribution in [-0.2, 0) is 0 Å². The van der Waals surface area contributed by atoms with E-state index in [0.29, 0.717) is 5.92 Å². The fourth-order valence-electron chi connectivity index (χ4n) is 2.49. The van der Waals surface area contributed by atoms with Crippen LogP contribution >= 0.6 is 0 Å². The van der Waals surface area contributed by atoms with E-state index < -0.39 is 0 Å². The van der Waals surface area contributed by atoms with Gasteiger partial charge in [0.25, 0.3) is 0 Å². The summed E-state index contributed by atoms with van der Waals surface area (Å²) < 4.78 is 1.87. The first-order valence-electron chi connectivity index (χ1n) is 6.18. The lowest BCUT2D eigenvalue weighted by Gasteiger charge is -2.28. The summed E-state index contributed by atoms with van der Waals surface area (Å²) >= 11 is 0. The van der Waals surface area contributed by atoms with Crippen LogP contribution in [0.5, 0.6) is 0 Å². The van der Waals surface area contributed by atoms with E-state index in [-0.39, 0.29) is 6.04 Å². The fourth-order valence-corrected chi connectivity index (χ4v) is 2.49. The summed E-state index contributed by atoms with van der Waals surface area (Å²) in [6.07, 6.45) is 2.47. The van der Waals surface area contributed by atoms with Crippen LogP contribution in [0.25, 0.3) is 5.65 Å². The van der Waals surface area contributed by atoms with Gasteiger partial charge in [0.1, 0.15) is 0 Å². The van der Waals surface area contributed by atoms with E-state index in [4.69, 9.17) is 0 Å². The number of fused-ring (bicyclic) bond motifs is 1. The van der Waals surface area contributed by atoms with Crippen molar-refractivity contribution in [2.45, 2.75) is 32.7 Å². The number of aryl methyl sites for hydroxylation is 1. The zero-order valence-corrected chi connectivity index (χ0v) is 10.2. The van der Waals surface area contributed by atoms with Crippen LogP contribution in [0.15, 0.2) is 12.1 Å². The second kappa shape index (κ2) is 4.07. The Morgan fingerprint density at radius 2 is 2.24 bits per heavy atom. The summed E-state index contributed by atoms with van der Waals surface area (Å²) in [5.74, 6) is 1.52. The average Bonchev–Trinajstić information content (AvgIpc) is 2.72. The van der Waals surface area contributed by atoms with Crippen LogP contribution in [-0.4, -0.2) is 26.4 Å². The summed E-state index contributed by atoms with van der Waals surface area (Å²) in [5.41, 5.74) is 1.81. The number of aromatic nitrogens is 4. The van der Waals surface area contributed by atoms with Crippen molar-refractivity contribution in [3.8, 4) is 0 Å².